The van der Waals surface area contributed by atoms with Crippen molar-refractivity contribution in [1.29, 1.82) is 0 Å². The molecule has 0 fully saturated rings. The van der Waals surface area contributed by atoms with Gasteiger partial charge in [0.2, 0.25) is 0 Å². The number of nitrogens with zero attached hydrogens (tertiary/aromatic N) is 7. The molecule has 0 unspecified atom stereocenters. The Morgan fingerprint density at radius 3 is 2.75 bits per heavy atom. The van der Waals surface area contributed by atoms with Gasteiger partial charge in [-0.2, -0.15) is 10.2 Å². The lowest BCUT2D eigenvalue weighted by Crippen LogP contribution is -2.06. The molecule has 12 heteroatoms. The largest absolute Gasteiger partial charge is 0.508 e. The third kappa shape index (κ3) is 5.13. The van der Waals surface area contributed by atoms with Crippen molar-refractivity contribution in [2.24, 2.45) is 0 Å². The van der Waals surface area contributed by atoms with Gasteiger partial charge in [0.05, 0.1) is 18.5 Å². The molecule has 0 aliphatic rings. The molecule has 0 saturated carbocycles. The summed E-state index contributed by atoms with van der Waals surface area (Å²) in [7, 11) is 1.61. The maximum Gasteiger partial charge on any atom is 0.161 e. The van der Waals surface area contributed by atoms with Crippen LogP contribution in [0.25, 0.3) is 17.0 Å². The number of ether oxygens (including phenoxy) is 2. The van der Waals surface area contributed by atoms with Crippen molar-refractivity contribution < 1.29 is 14.6 Å². The fourth-order valence-corrected chi connectivity index (χ4v) is 3.54. The molecule has 0 aliphatic carbocycles. The Balaban J connectivity index is 1.50. The zero-order valence-electron chi connectivity index (χ0n) is 19.6. The first-order valence-corrected chi connectivity index (χ1v) is 11.1. The second-order valence-corrected chi connectivity index (χ2v) is 7.71. The van der Waals surface area contributed by atoms with Crippen molar-refractivity contribution in [3.05, 3.63) is 66.7 Å². The van der Waals surface area contributed by atoms with E-state index in [1.165, 1.54) is 6.20 Å². The van der Waals surface area contributed by atoms with Gasteiger partial charge in [0.25, 0.3) is 0 Å². The molecule has 0 aliphatic heterocycles. The van der Waals surface area contributed by atoms with E-state index >= 15 is 0 Å². The summed E-state index contributed by atoms with van der Waals surface area (Å²) in [5.74, 6) is 2.72. The van der Waals surface area contributed by atoms with Gasteiger partial charge in [-0.1, -0.05) is 6.07 Å². The fourth-order valence-electron chi connectivity index (χ4n) is 3.54. The molecule has 5 rings (SSSR count). The van der Waals surface area contributed by atoms with E-state index in [9.17, 15) is 5.11 Å². The molecule has 0 bridgehead atoms. The maximum absolute atomic E-state index is 9.88. The molecule has 0 spiro atoms. The van der Waals surface area contributed by atoms with Crippen LogP contribution in [0.1, 0.15) is 5.82 Å². The van der Waals surface area contributed by atoms with Crippen LogP contribution < -0.4 is 15.4 Å². The van der Waals surface area contributed by atoms with Gasteiger partial charge in [0.15, 0.2) is 17.3 Å². The number of hydrogen-bond donors (Lipinski definition) is 3. The van der Waals surface area contributed by atoms with Crippen molar-refractivity contribution in [3.8, 4) is 22.9 Å². The summed E-state index contributed by atoms with van der Waals surface area (Å²) in [6.45, 7) is 2.66. The van der Waals surface area contributed by atoms with Crippen LogP contribution in [-0.2, 0) is 4.74 Å². The third-order valence-electron chi connectivity index (χ3n) is 5.02. The molecule has 4 heterocycles. The first-order valence-electron chi connectivity index (χ1n) is 11.1. The number of aromatic nitrogens is 7. The van der Waals surface area contributed by atoms with Gasteiger partial charge in [-0.15, -0.1) is 5.10 Å². The quantitative estimate of drug-likeness (QED) is 0.264. The van der Waals surface area contributed by atoms with Crippen LogP contribution >= 0.6 is 0 Å². The fraction of sp³-hybridized carbons (Fsp3) is 0.167. The predicted octanol–water partition coefficient (Wildman–Crippen LogP) is 3.50. The third-order valence-corrected chi connectivity index (χ3v) is 5.02. The Bertz CT molecular complexity index is 1510. The van der Waals surface area contributed by atoms with Crippen LogP contribution in [0.3, 0.4) is 0 Å². The minimum absolute atomic E-state index is 0.141. The smallest absolute Gasteiger partial charge is 0.161 e. The minimum atomic E-state index is 0.141. The van der Waals surface area contributed by atoms with E-state index in [2.05, 4.69) is 40.9 Å². The number of nitrogens with one attached hydrogen (secondary N) is 2. The van der Waals surface area contributed by atoms with Gasteiger partial charge >= 0.3 is 0 Å². The van der Waals surface area contributed by atoms with Crippen LogP contribution in [-0.4, -0.2) is 60.2 Å². The first-order chi connectivity index (χ1) is 17.6. The molecule has 12 nitrogen and oxygen atoms in total. The van der Waals surface area contributed by atoms with Crippen molar-refractivity contribution in [2.75, 3.05) is 31.0 Å². The number of aromatic hydroxyl groups is 1. The Hall–Kier alpha value is -4.84. The average molecular weight is 486 g/mol. The highest BCUT2D eigenvalue weighted by molar-refractivity contribution is 5.79. The topological polar surface area (TPSA) is 144 Å². The summed E-state index contributed by atoms with van der Waals surface area (Å²) in [6, 6.07) is 14.0. The van der Waals surface area contributed by atoms with E-state index < -0.39 is 0 Å². The summed E-state index contributed by atoms with van der Waals surface area (Å²) in [6.07, 6.45) is 3.20. The van der Waals surface area contributed by atoms with E-state index in [0.717, 1.165) is 0 Å². The number of aryl methyl sites for hydroxylation is 1. The molecule has 36 heavy (non-hydrogen) atoms. The number of rotatable bonds is 9. The van der Waals surface area contributed by atoms with Crippen LogP contribution in [0.15, 0.2) is 60.9 Å². The number of anilines is 4. The Kier molecular flexibility index (Phi) is 6.49. The lowest BCUT2D eigenvalue weighted by atomic mass is 10.2. The minimum Gasteiger partial charge on any atom is -0.508 e. The zero-order chi connectivity index (χ0) is 24.9. The normalized spacial score (nSPS) is 10.9. The summed E-state index contributed by atoms with van der Waals surface area (Å²) >= 11 is 0. The molecule has 1 aromatic carbocycles. The SMILES string of the molecule is COCCOc1cnnc(Nc2cc(-c3c(Nc4cccc(O)c4)nc4cccnn34)nc(C)n2)c1. The van der Waals surface area contributed by atoms with E-state index in [0.29, 0.717) is 65.0 Å². The van der Waals surface area contributed by atoms with Crippen LogP contribution in [0.5, 0.6) is 11.5 Å². The number of phenols is 1. The van der Waals surface area contributed by atoms with Gasteiger partial charge < -0.3 is 25.2 Å². The van der Waals surface area contributed by atoms with Crippen molar-refractivity contribution in [1.82, 2.24) is 34.8 Å². The highest BCUT2D eigenvalue weighted by Crippen LogP contribution is 2.31. The van der Waals surface area contributed by atoms with Crippen molar-refractivity contribution in [2.45, 2.75) is 6.92 Å². The van der Waals surface area contributed by atoms with Crippen LogP contribution in [0.4, 0.5) is 23.1 Å². The van der Waals surface area contributed by atoms with E-state index in [4.69, 9.17) is 9.47 Å². The lowest BCUT2D eigenvalue weighted by Gasteiger charge is -2.11. The molecule has 182 valence electrons. The molecule has 0 atom stereocenters. The Labute approximate surface area is 206 Å². The maximum atomic E-state index is 9.88. The van der Waals surface area contributed by atoms with Gasteiger partial charge in [-0.05, 0) is 31.2 Å². The molecule has 0 amide bonds. The van der Waals surface area contributed by atoms with Crippen molar-refractivity contribution in [3.63, 3.8) is 0 Å². The Morgan fingerprint density at radius 2 is 1.89 bits per heavy atom. The molecule has 3 N–H and O–H groups in total. The summed E-state index contributed by atoms with van der Waals surface area (Å²) in [5, 5.41) is 28.9. The van der Waals surface area contributed by atoms with Gasteiger partial charge in [0.1, 0.15) is 35.4 Å². The summed E-state index contributed by atoms with van der Waals surface area (Å²) in [5.41, 5.74) is 2.52. The molecule has 0 saturated heterocycles. The van der Waals surface area contributed by atoms with E-state index in [1.807, 2.05) is 18.2 Å². The van der Waals surface area contributed by atoms with E-state index in [1.54, 1.807) is 55.1 Å². The highest BCUT2D eigenvalue weighted by atomic mass is 16.5. The second kappa shape index (κ2) is 10.2. The Morgan fingerprint density at radius 1 is 0.972 bits per heavy atom. The van der Waals surface area contributed by atoms with Gasteiger partial charge in [-0.25, -0.2) is 19.5 Å². The number of phenolic OH excluding ortho intramolecular Hbond substituents is 1. The van der Waals surface area contributed by atoms with Crippen LogP contribution in [0, 0.1) is 6.92 Å². The standard InChI is InChI=1S/C24H23N9O3/c1-15-27-19(13-20(28-15)30-21-12-18(14-25-32-21)36-10-9-35-2)23-24(29-16-5-3-6-17(34)11-16)31-22-7-4-8-26-33(22)23/h3-8,11-14,29,34H,9-10H2,1-2H3,(H,27,28,30,32). The monoisotopic (exact) mass is 485 g/mol. The predicted molar refractivity (Wildman–Crippen MR) is 133 cm³/mol. The molecular formula is C24H23N9O3. The highest BCUT2D eigenvalue weighted by Gasteiger charge is 2.18. The molecule has 4 aromatic heterocycles. The number of hydrogen-bond acceptors (Lipinski definition) is 11. The van der Waals surface area contributed by atoms with E-state index in [-0.39, 0.29) is 5.75 Å². The number of methoxy groups -OCH3 is 1. The van der Waals surface area contributed by atoms with Gasteiger partial charge in [-0.3, -0.25) is 0 Å². The zero-order valence-corrected chi connectivity index (χ0v) is 19.6. The number of fused-ring (bicyclic) bond motifs is 1. The second-order valence-electron chi connectivity index (χ2n) is 7.71. The number of imidazole rings is 1. The van der Waals surface area contributed by atoms with Crippen LogP contribution in [0.2, 0.25) is 0 Å². The summed E-state index contributed by atoms with van der Waals surface area (Å²) < 4.78 is 12.3. The number of benzene rings is 1. The average Bonchev–Trinajstić information content (AvgIpc) is 3.22. The van der Waals surface area contributed by atoms with Crippen molar-refractivity contribution >= 4 is 28.8 Å². The molecular weight excluding hydrogens is 462 g/mol. The van der Waals surface area contributed by atoms with Gasteiger partial charge in [0, 0.05) is 37.2 Å². The summed E-state index contributed by atoms with van der Waals surface area (Å²) in [4.78, 5) is 13.8. The lowest BCUT2D eigenvalue weighted by molar-refractivity contribution is 0.146. The molecule has 0 radical (unpaired) electrons. The first kappa shape index (κ1) is 22.9. The molecule has 5 aromatic rings.